The van der Waals surface area contributed by atoms with Crippen molar-refractivity contribution in [3.8, 4) is 0 Å². The Bertz CT molecular complexity index is 815. The van der Waals surface area contributed by atoms with Gasteiger partial charge in [0.25, 0.3) is 0 Å². The Morgan fingerprint density at radius 2 is 1.93 bits per heavy atom. The second-order valence-corrected chi connectivity index (χ2v) is 8.37. The number of thiazole rings is 1. The van der Waals surface area contributed by atoms with Crippen LogP contribution in [0.3, 0.4) is 0 Å². The Kier molecular flexibility index (Phi) is 9.35. The van der Waals surface area contributed by atoms with Crippen molar-refractivity contribution in [3.05, 3.63) is 51.0 Å². The van der Waals surface area contributed by atoms with Gasteiger partial charge in [-0.3, -0.25) is 9.79 Å². The topological polar surface area (TPSA) is 69.6 Å². The van der Waals surface area contributed by atoms with Crippen LogP contribution in [0.15, 0.2) is 29.3 Å². The maximum atomic E-state index is 11.7. The molecule has 158 valence electrons. The summed E-state index contributed by atoms with van der Waals surface area (Å²) in [6.45, 7) is 7.26. The minimum absolute atomic E-state index is 0. The van der Waals surface area contributed by atoms with E-state index in [1.54, 1.807) is 18.4 Å². The first-order valence-electron chi connectivity index (χ1n) is 9.78. The Morgan fingerprint density at radius 1 is 1.21 bits per heavy atom. The molecule has 0 radical (unpaired) electrons. The van der Waals surface area contributed by atoms with Crippen molar-refractivity contribution in [2.75, 3.05) is 20.1 Å². The SMILES string of the molecule is CN=C(NCCc1nc(C)c(C)s1)NCc1ccc(CN2CCCC2=O)cc1.I. The lowest BCUT2D eigenvalue weighted by Gasteiger charge is -2.16. The number of carbonyl (C=O) groups is 1. The standard InChI is InChI=1S/C21H29N5OS.HI/c1-15-16(2)28-19(25-15)10-11-23-21(22-3)24-13-17-6-8-18(9-7-17)14-26-12-4-5-20(26)27;/h6-9H,4-5,10-14H2,1-3H3,(H2,22,23,24);1H. The number of aliphatic imine (C=N–C) groups is 1. The largest absolute Gasteiger partial charge is 0.356 e. The van der Waals surface area contributed by atoms with Gasteiger partial charge in [-0.25, -0.2) is 4.98 Å². The van der Waals surface area contributed by atoms with Crippen LogP contribution < -0.4 is 10.6 Å². The monoisotopic (exact) mass is 527 g/mol. The van der Waals surface area contributed by atoms with E-state index in [4.69, 9.17) is 0 Å². The molecule has 0 aliphatic carbocycles. The molecule has 0 spiro atoms. The summed E-state index contributed by atoms with van der Waals surface area (Å²) in [4.78, 5) is 23.8. The number of halogens is 1. The van der Waals surface area contributed by atoms with Crippen molar-refractivity contribution in [2.45, 2.75) is 46.2 Å². The number of guanidine groups is 1. The van der Waals surface area contributed by atoms with Gasteiger partial charge in [0.2, 0.25) is 5.91 Å². The molecule has 1 amide bonds. The number of nitrogens with zero attached hydrogens (tertiary/aromatic N) is 3. The number of amides is 1. The van der Waals surface area contributed by atoms with Crippen LogP contribution in [0.4, 0.5) is 0 Å². The number of carbonyl (C=O) groups excluding carboxylic acids is 1. The molecular weight excluding hydrogens is 497 g/mol. The van der Waals surface area contributed by atoms with Gasteiger partial charge in [-0.2, -0.15) is 0 Å². The summed E-state index contributed by atoms with van der Waals surface area (Å²) in [5.41, 5.74) is 3.49. The first-order valence-corrected chi connectivity index (χ1v) is 10.6. The molecule has 3 rings (SSSR count). The van der Waals surface area contributed by atoms with E-state index >= 15 is 0 Å². The highest BCUT2D eigenvalue weighted by molar-refractivity contribution is 14.0. The molecule has 1 saturated heterocycles. The molecular formula is C21H30IN5OS. The third kappa shape index (κ3) is 6.95. The minimum atomic E-state index is 0. The van der Waals surface area contributed by atoms with Crippen molar-refractivity contribution in [2.24, 2.45) is 4.99 Å². The lowest BCUT2D eigenvalue weighted by molar-refractivity contribution is -0.128. The number of hydrogen-bond donors (Lipinski definition) is 2. The summed E-state index contributed by atoms with van der Waals surface area (Å²) >= 11 is 1.76. The summed E-state index contributed by atoms with van der Waals surface area (Å²) in [6, 6.07) is 8.42. The maximum Gasteiger partial charge on any atom is 0.222 e. The molecule has 6 nitrogen and oxygen atoms in total. The van der Waals surface area contributed by atoms with E-state index in [2.05, 4.69) is 58.7 Å². The Balaban J connectivity index is 0.00000300. The second-order valence-electron chi connectivity index (χ2n) is 7.09. The van der Waals surface area contributed by atoms with Crippen LogP contribution in [0.25, 0.3) is 0 Å². The molecule has 2 aromatic rings. The van der Waals surface area contributed by atoms with Crippen LogP contribution >= 0.6 is 35.3 Å². The Morgan fingerprint density at radius 3 is 2.52 bits per heavy atom. The van der Waals surface area contributed by atoms with Crippen molar-refractivity contribution < 1.29 is 4.79 Å². The molecule has 8 heteroatoms. The smallest absolute Gasteiger partial charge is 0.222 e. The number of aryl methyl sites for hydroxylation is 2. The van der Waals surface area contributed by atoms with Gasteiger partial charge >= 0.3 is 0 Å². The molecule has 29 heavy (non-hydrogen) atoms. The van der Waals surface area contributed by atoms with Gasteiger partial charge < -0.3 is 15.5 Å². The number of rotatable bonds is 7. The molecule has 1 fully saturated rings. The average molecular weight is 527 g/mol. The highest BCUT2D eigenvalue weighted by atomic mass is 127. The molecule has 2 heterocycles. The Hall–Kier alpha value is -1.68. The maximum absolute atomic E-state index is 11.7. The predicted molar refractivity (Wildman–Crippen MR) is 130 cm³/mol. The van der Waals surface area contributed by atoms with Gasteiger partial charge in [-0.05, 0) is 31.4 Å². The van der Waals surface area contributed by atoms with Crippen LogP contribution in [0, 0.1) is 13.8 Å². The van der Waals surface area contributed by atoms with Crippen molar-refractivity contribution in [3.63, 3.8) is 0 Å². The van der Waals surface area contributed by atoms with Crippen LogP contribution in [0.5, 0.6) is 0 Å². The highest BCUT2D eigenvalue weighted by Gasteiger charge is 2.19. The first-order chi connectivity index (χ1) is 13.5. The highest BCUT2D eigenvalue weighted by Crippen LogP contribution is 2.16. The average Bonchev–Trinajstić information content (AvgIpc) is 3.24. The fourth-order valence-electron chi connectivity index (χ4n) is 3.19. The normalized spacial score (nSPS) is 14.1. The third-order valence-electron chi connectivity index (χ3n) is 4.96. The summed E-state index contributed by atoms with van der Waals surface area (Å²) in [7, 11) is 1.78. The summed E-state index contributed by atoms with van der Waals surface area (Å²) in [5, 5.41) is 7.85. The van der Waals surface area contributed by atoms with Gasteiger partial charge in [0, 0.05) is 50.9 Å². The zero-order valence-corrected chi connectivity index (χ0v) is 20.5. The Labute approximate surface area is 194 Å². The van der Waals surface area contributed by atoms with E-state index in [0.717, 1.165) is 42.6 Å². The second kappa shape index (κ2) is 11.5. The minimum Gasteiger partial charge on any atom is -0.356 e. The van der Waals surface area contributed by atoms with Crippen molar-refractivity contribution in [1.82, 2.24) is 20.5 Å². The molecule has 0 bridgehead atoms. The fourth-order valence-corrected chi connectivity index (χ4v) is 4.13. The van der Waals surface area contributed by atoms with E-state index < -0.39 is 0 Å². The molecule has 1 aliphatic rings. The van der Waals surface area contributed by atoms with Crippen LogP contribution in [0.1, 0.15) is 39.5 Å². The van der Waals surface area contributed by atoms with Gasteiger partial charge in [0.15, 0.2) is 5.96 Å². The lowest BCUT2D eigenvalue weighted by atomic mass is 10.1. The number of aromatic nitrogens is 1. The van der Waals surface area contributed by atoms with Gasteiger partial charge in [-0.15, -0.1) is 35.3 Å². The number of nitrogens with one attached hydrogen (secondary N) is 2. The third-order valence-corrected chi connectivity index (χ3v) is 6.09. The molecule has 0 unspecified atom stereocenters. The summed E-state index contributed by atoms with van der Waals surface area (Å²) in [5.74, 6) is 1.06. The molecule has 2 N–H and O–H groups in total. The molecule has 0 atom stereocenters. The fraction of sp³-hybridized carbons (Fsp3) is 0.476. The van der Waals surface area contributed by atoms with Crippen molar-refractivity contribution >= 4 is 47.2 Å². The van der Waals surface area contributed by atoms with Gasteiger partial charge in [0.1, 0.15) is 0 Å². The molecule has 1 aliphatic heterocycles. The van der Waals surface area contributed by atoms with Crippen molar-refractivity contribution in [1.29, 1.82) is 0 Å². The van der Waals surface area contributed by atoms with Crippen LogP contribution in [0.2, 0.25) is 0 Å². The number of benzene rings is 1. The molecule has 1 aromatic carbocycles. The zero-order valence-electron chi connectivity index (χ0n) is 17.3. The number of likely N-dealkylation sites (tertiary alicyclic amines) is 1. The van der Waals surface area contributed by atoms with E-state index in [1.807, 2.05) is 4.90 Å². The summed E-state index contributed by atoms with van der Waals surface area (Å²) in [6.07, 6.45) is 2.56. The molecule has 0 saturated carbocycles. The quantitative estimate of drug-likeness (QED) is 0.329. The van der Waals surface area contributed by atoms with E-state index in [9.17, 15) is 4.79 Å². The predicted octanol–water partition coefficient (Wildman–Crippen LogP) is 3.41. The summed E-state index contributed by atoms with van der Waals surface area (Å²) < 4.78 is 0. The number of hydrogen-bond acceptors (Lipinski definition) is 4. The van der Waals surface area contributed by atoms with E-state index in [0.29, 0.717) is 19.5 Å². The van der Waals surface area contributed by atoms with Crippen LogP contribution in [-0.4, -0.2) is 41.9 Å². The first kappa shape index (κ1) is 23.6. The van der Waals surface area contributed by atoms with Crippen LogP contribution in [-0.2, 0) is 24.3 Å². The zero-order chi connectivity index (χ0) is 19.9. The van der Waals surface area contributed by atoms with E-state index in [1.165, 1.54) is 16.0 Å². The van der Waals surface area contributed by atoms with Gasteiger partial charge in [0.05, 0.1) is 10.7 Å². The lowest BCUT2D eigenvalue weighted by Crippen LogP contribution is -2.37. The molecule has 1 aromatic heterocycles. The van der Waals surface area contributed by atoms with E-state index in [-0.39, 0.29) is 29.9 Å². The van der Waals surface area contributed by atoms with Gasteiger partial charge in [-0.1, -0.05) is 24.3 Å².